The fourth-order valence-corrected chi connectivity index (χ4v) is 1.89. The number of thiocarbonyl (C=S) groups is 1. The number of hydrogen-bond donors (Lipinski definition) is 1. The van der Waals surface area contributed by atoms with Crippen LogP contribution >= 0.6 is 12.2 Å². The number of ether oxygens (including phenoxy) is 1. The van der Waals surface area contributed by atoms with Crippen LogP contribution in [0.3, 0.4) is 0 Å². The second-order valence-electron chi connectivity index (χ2n) is 4.34. The first kappa shape index (κ1) is 17.2. The first-order chi connectivity index (χ1) is 9.66. The molecule has 1 aromatic carbocycles. The zero-order valence-electron chi connectivity index (χ0n) is 11.5. The Labute approximate surface area is 125 Å². The number of methoxy groups -OCH3 is 1. The maximum atomic E-state index is 13.0. The Balaban J connectivity index is 3.05. The van der Waals surface area contributed by atoms with Crippen LogP contribution in [0.2, 0.25) is 0 Å². The van der Waals surface area contributed by atoms with E-state index in [9.17, 15) is 18.0 Å². The summed E-state index contributed by atoms with van der Waals surface area (Å²) in [5.41, 5.74) is 4.51. The van der Waals surface area contributed by atoms with Crippen molar-refractivity contribution < 1.29 is 22.7 Å². The number of hydrogen-bond acceptors (Lipinski definition) is 4. The van der Waals surface area contributed by atoms with Crippen LogP contribution in [0.5, 0.6) is 0 Å². The Hall–Kier alpha value is -1.83. The maximum absolute atomic E-state index is 13.0. The summed E-state index contributed by atoms with van der Waals surface area (Å²) in [6.07, 6.45) is -4.48. The summed E-state index contributed by atoms with van der Waals surface area (Å²) >= 11 is 4.63. The molecule has 21 heavy (non-hydrogen) atoms. The predicted octanol–water partition coefficient (Wildman–Crippen LogP) is 2.34. The number of nitrogens with zero attached hydrogens (tertiary/aromatic N) is 1. The van der Waals surface area contributed by atoms with Crippen LogP contribution in [0, 0.1) is 0 Å². The molecule has 0 heterocycles. The molecule has 116 valence electrons. The average Bonchev–Trinajstić information content (AvgIpc) is 2.42. The van der Waals surface area contributed by atoms with Crippen molar-refractivity contribution in [3.63, 3.8) is 0 Å². The lowest BCUT2D eigenvalue weighted by atomic mass is 10.1. The van der Waals surface area contributed by atoms with Gasteiger partial charge in [-0.2, -0.15) is 13.2 Å². The minimum atomic E-state index is -4.56. The topological polar surface area (TPSA) is 55.6 Å². The summed E-state index contributed by atoms with van der Waals surface area (Å²) in [4.78, 5) is 12.3. The molecule has 8 heteroatoms. The van der Waals surface area contributed by atoms with Crippen molar-refractivity contribution in [2.75, 3.05) is 25.6 Å². The lowest BCUT2D eigenvalue weighted by molar-refractivity contribution is -0.140. The normalized spacial score (nSPS) is 11.1. The van der Waals surface area contributed by atoms with E-state index in [0.29, 0.717) is 5.69 Å². The maximum Gasteiger partial charge on any atom is 0.417 e. The van der Waals surface area contributed by atoms with Crippen molar-refractivity contribution in [2.24, 2.45) is 5.73 Å². The molecule has 0 aliphatic heterocycles. The number of carbonyl (C=O) groups is 1. The van der Waals surface area contributed by atoms with Gasteiger partial charge < -0.3 is 15.4 Å². The number of esters is 1. The first-order valence-corrected chi connectivity index (χ1v) is 6.36. The third-order valence-corrected chi connectivity index (χ3v) is 3.11. The smallest absolute Gasteiger partial charge is 0.417 e. The fraction of sp³-hybridized carbons (Fsp3) is 0.385. The summed E-state index contributed by atoms with van der Waals surface area (Å²) in [6.45, 7) is 0.233. The van der Waals surface area contributed by atoms with Gasteiger partial charge in [-0.3, -0.25) is 4.79 Å². The van der Waals surface area contributed by atoms with Gasteiger partial charge in [0.2, 0.25) is 0 Å². The third kappa shape index (κ3) is 4.59. The molecule has 4 nitrogen and oxygen atoms in total. The van der Waals surface area contributed by atoms with Crippen molar-refractivity contribution >= 4 is 28.9 Å². The van der Waals surface area contributed by atoms with Crippen molar-refractivity contribution in [1.29, 1.82) is 0 Å². The first-order valence-electron chi connectivity index (χ1n) is 5.95. The number of alkyl halides is 3. The number of halogens is 3. The summed E-state index contributed by atoms with van der Waals surface area (Å²) in [7, 11) is 2.83. The molecule has 0 fully saturated rings. The van der Waals surface area contributed by atoms with E-state index in [1.54, 1.807) is 7.05 Å². The van der Waals surface area contributed by atoms with E-state index < -0.39 is 17.7 Å². The molecule has 1 rings (SSSR count). The van der Waals surface area contributed by atoms with E-state index in [1.807, 2.05) is 0 Å². The zero-order valence-corrected chi connectivity index (χ0v) is 12.3. The highest BCUT2D eigenvalue weighted by molar-refractivity contribution is 7.80. The molecule has 0 amide bonds. The van der Waals surface area contributed by atoms with E-state index in [-0.39, 0.29) is 23.5 Å². The van der Waals surface area contributed by atoms with Crippen LogP contribution in [-0.4, -0.2) is 31.7 Å². The van der Waals surface area contributed by atoms with Gasteiger partial charge in [0.25, 0.3) is 0 Å². The molecule has 0 aliphatic rings. The van der Waals surface area contributed by atoms with E-state index in [0.717, 1.165) is 6.07 Å². The van der Waals surface area contributed by atoms with Gasteiger partial charge in [0, 0.05) is 24.8 Å². The van der Waals surface area contributed by atoms with E-state index in [2.05, 4.69) is 17.0 Å². The van der Waals surface area contributed by atoms with Crippen molar-refractivity contribution in [3.8, 4) is 0 Å². The second kappa shape index (κ2) is 6.75. The molecule has 0 spiro atoms. The van der Waals surface area contributed by atoms with Gasteiger partial charge in [-0.05, 0) is 18.2 Å². The zero-order chi connectivity index (χ0) is 16.2. The molecule has 0 bridgehead atoms. The largest absolute Gasteiger partial charge is 0.469 e. The van der Waals surface area contributed by atoms with E-state index in [1.165, 1.54) is 24.1 Å². The molecule has 2 N–H and O–H groups in total. The highest BCUT2D eigenvalue weighted by atomic mass is 32.1. The Bertz CT molecular complexity index is 547. The molecule has 0 aliphatic carbocycles. The predicted molar refractivity (Wildman–Crippen MR) is 77.2 cm³/mol. The number of anilines is 1. The average molecular weight is 320 g/mol. The van der Waals surface area contributed by atoms with Crippen molar-refractivity contribution in [2.45, 2.75) is 12.6 Å². The van der Waals surface area contributed by atoms with Gasteiger partial charge >= 0.3 is 12.1 Å². The molecular formula is C13H15F3N2O2S. The van der Waals surface area contributed by atoms with Gasteiger partial charge in [-0.1, -0.05) is 12.2 Å². The molecule has 0 aromatic heterocycles. The summed E-state index contributed by atoms with van der Waals surface area (Å²) in [5, 5.41) is 0. The van der Waals surface area contributed by atoms with Gasteiger partial charge in [-0.25, -0.2) is 0 Å². The Kier molecular flexibility index (Phi) is 5.54. The molecular weight excluding hydrogens is 305 g/mol. The summed E-state index contributed by atoms with van der Waals surface area (Å²) in [5.74, 6) is -0.433. The van der Waals surface area contributed by atoms with Gasteiger partial charge in [0.15, 0.2) is 0 Å². The molecule has 0 radical (unpaired) electrons. The standard InChI is InChI=1S/C13H15F3N2O2S/c1-18(6-5-11(19)20-2)8-3-4-9(12(17)21)10(7-8)13(14,15)16/h3-4,7H,5-6H2,1-2H3,(H2,17,21). The quantitative estimate of drug-likeness (QED) is 0.667. The Morgan fingerprint density at radius 3 is 2.52 bits per heavy atom. The molecule has 1 aromatic rings. The SMILES string of the molecule is COC(=O)CCN(C)c1ccc(C(N)=S)c(C(F)(F)F)c1. The van der Waals surface area contributed by atoms with Crippen LogP contribution in [0.25, 0.3) is 0 Å². The van der Waals surface area contributed by atoms with E-state index in [4.69, 9.17) is 5.73 Å². The van der Waals surface area contributed by atoms with E-state index >= 15 is 0 Å². The Morgan fingerprint density at radius 1 is 1.43 bits per heavy atom. The van der Waals surface area contributed by atoms with Crippen molar-refractivity contribution in [3.05, 3.63) is 29.3 Å². The van der Waals surface area contributed by atoms with Crippen LogP contribution in [0.1, 0.15) is 17.5 Å². The van der Waals surface area contributed by atoms with Crippen LogP contribution in [-0.2, 0) is 15.7 Å². The number of carbonyl (C=O) groups excluding carboxylic acids is 1. The molecule has 0 saturated heterocycles. The Morgan fingerprint density at radius 2 is 2.05 bits per heavy atom. The van der Waals surface area contributed by atoms with Crippen LogP contribution in [0.15, 0.2) is 18.2 Å². The highest BCUT2D eigenvalue weighted by Crippen LogP contribution is 2.34. The van der Waals surface area contributed by atoms with Crippen LogP contribution < -0.4 is 10.6 Å². The fourth-order valence-electron chi connectivity index (χ4n) is 1.71. The minimum Gasteiger partial charge on any atom is -0.469 e. The van der Waals surface area contributed by atoms with Crippen molar-refractivity contribution in [1.82, 2.24) is 0 Å². The third-order valence-electron chi connectivity index (χ3n) is 2.89. The monoisotopic (exact) mass is 320 g/mol. The number of rotatable bonds is 5. The second-order valence-corrected chi connectivity index (χ2v) is 4.78. The van der Waals surface area contributed by atoms with Crippen LogP contribution in [0.4, 0.5) is 18.9 Å². The molecule has 0 atom stereocenters. The number of benzene rings is 1. The van der Waals surface area contributed by atoms with Gasteiger partial charge in [0.05, 0.1) is 19.1 Å². The van der Waals surface area contributed by atoms with Gasteiger partial charge in [-0.15, -0.1) is 0 Å². The lowest BCUT2D eigenvalue weighted by Gasteiger charge is -2.21. The van der Waals surface area contributed by atoms with Gasteiger partial charge in [0.1, 0.15) is 4.99 Å². The highest BCUT2D eigenvalue weighted by Gasteiger charge is 2.34. The summed E-state index contributed by atoms with van der Waals surface area (Å²) in [6, 6.07) is 3.67. The molecule has 0 unspecified atom stereocenters. The molecule has 0 saturated carbocycles. The lowest BCUT2D eigenvalue weighted by Crippen LogP contribution is -2.23. The number of nitrogens with two attached hydrogens (primary N) is 1. The minimum absolute atomic E-state index is 0.0748. The summed E-state index contributed by atoms with van der Waals surface area (Å²) < 4.78 is 43.5.